The van der Waals surface area contributed by atoms with E-state index in [9.17, 15) is 37.4 Å². The van der Waals surface area contributed by atoms with Gasteiger partial charge in [0.25, 0.3) is 5.91 Å². The van der Waals surface area contributed by atoms with Crippen LogP contribution in [0.4, 0.5) is 17.6 Å². The molecule has 5 rings (SSSR count). The first-order chi connectivity index (χ1) is 19.9. The fourth-order valence-corrected chi connectivity index (χ4v) is 5.31. The van der Waals surface area contributed by atoms with Crippen LogP contribution in [0.3, 0.4) is 0 Å². The number of aliphatic carboxylic acids is 1. The van der Waals surface area contributed by atoms with E-state index in [0.29, 0.717) is 34.2 Å². The molecule has 216 valence electrons. The molecule has 42 heavy (non-hydrogen) atoms. The van der Waals surface area contributed by atoms with Crippen LogP contribution in [0.2, 0.25) is 5.02 Å². The number of carboxylic acids is 1. The lowest BCUT2D eigenvalue weighted by Gasteiger charge is -2.25. The fourth-order valence-electron chi connectivity index (χ4n) is 5.13. The van der Waals surface area contributed by atoms with Crippen LogP contribution in [-0.2, 0) is 11.0 Å². The van der Waals surface area contributed by atoms with E-state index in [4.69, 9.17) is 11.6 Å². The maximum absolute atomic E-state index is 13.6. The third-order valence-electron chi connectivity index (χ3n) is 7.25. The highest BCUT2D eigenvalue weighted by atomic mass is 35.5. The Hall–Kier alpha value is -4.41. The molecule has 1 heterocycles. The topological polar surface area (TPSA) is 89.9 Å². The molecule has 1 fully saturated rings. The number of hydrazine groups is 1. The minimum atomic E-state index is -4.48. The van der Waals surface area contributed by atoms with Gasteiger partial charge in [-0.3, -0.25) is 15.0 Å². The van der Waals surface area contributed by atoms with Gasteiger partial charge in [-0.15, -0.1) is 0 Å². The fraction of sp³-hybridized carbons (Fsp3) is 0.161. The molecule has 1 saturated heterocycles. The first-order valence-electron chi connectivity index (χ1n) is 12.8. The Kier molecular flexibility index (Phi) is 7.94. The Balaban J connectivity index is 1.35. The van der Waals surface area contributed by atoms with E-state index in [0.717, 1.165) is 12.1 Å². The molecule has 1 amide bonds. The molecule has 1 aliphatic rings. The summed E-state index contributed by atoms with van der Waals surface area (Å²) in [6.45, 7) is 0.191. The smallest absolute Gasteiger partial charge is 0.416 e. The summed E-state index contributed by atoms with van der Waals surface area (Å²) in [6.07, 6.45) is -4.10. The molecule has 2 atom stereocenters. The van der Waals surface area contributed by atoms with Gasteiger partial charge in [0, 0.05) is 12.5 Å². The average Bonchev–Trinajstić information content (AvgIpc) is 3.38. The number of halogens is 5. The number of benzene rings is 4. The molecule has 0 radical (unpaired) electrons. The van der Waals surface area contributed by atoms with Crippen LogP contribution >= 0.6 is 11.6 Å². The van der Waals surface area contributed by atoms with Gasteiger partial charge in [-0.05, 0) is 70.6 Å². The maximum atomic E-state index is 13.6. The van der Waals surface area contributed by atoms with E-state index >= 15 is 0 Å². The standard InChI is InChI=1S/C31H23ClF4N2O4/c32-25-16-21(8-10-26(25)33)20-9-11-27(39)24(15-20)29(40)37-38-13-12-23(28(38)30(41)42)18-6-4-17(5-7-18)19-2-1-3-22(14-19)31(34,35)36/h1-11,14-16,23,28,39H,12-13H2,(H,37,40)(H,41,42). The van der Waals surface area contributed by atoms with E-state index < -0.39 is 41.4 Å². The number of rotatable bonds is 6. The van der Waals surface area contributed by atoms with Crippen molar-refractivity contribution in [3.8, 4) is 28.0 Å². The molecule has 11 heteroatoms. The van der Waals surface area contributed by atoms with Crippen LogP contribution < -0.4 is 5.43 Å². The number of nitrogens with one attached hydrogen (secondary N) is 1. The normalized spacial score (nSPS) is 17.3. The van der Waals surface area contributed by atoms with Gasteiger partial charge in [-0.1, -0.05) is 60.1 Å². The van der Waals surface area contributed by atoms with Crippen molar-refractivity contribution in [3.63, 3.8) is 0 Å². The lowest BCUT2D eigenvalue weighted by Crippen LogP contribution is -2.49. The highest BCUT2D eigenvalue weighted by Gasteiger charge is 2.41. The van der Waals surface area contributed by atoms with Crippen molar-refractivity contribution >= 4 is 23.5 Å². The molecular weight excluding hydrogens is 576 g/mol. The second kappa shape index (κ2) is 11.5. The second-order valence-corrected chi connectivity index (χ2v) is 10.3. The van der Waals surface area contributed by atoms with Gasteiger partial charge in [0.05, 0.1) is 16.1 Å². The van der Waals surface area contributed by atoms with Crippen molar-refractivity contribution < 1.29 is 37.4 Å². The van der Waals surface area contributed by atoms with Crippen LogP contribution in [0.25, 0.3) is 22.3 Å². The highest BCUT2D eigenvalue weighted by molar-refractivity contribution is 6.31. The summed E-state index contributed by atoms with van der Waals surface area (Å²) in [4.78, 5) is 25.5. The number of amides is 1. The van der Waals surface area contributed by atoms with E-state index in [1.54, 1.807) is 30.3 Å². The largest absolute Gasteiger partial charge is 0.507 e. The third-order valence-corrected chi connectivity index (χ3v) is 7.54. The number of carbonyl (C=O) groups is 2. The number of hydrogen-bond donors (Lipinski definition) is 3. The number of nitrogens with zero attached hydrogens (tertiary/aromatic N) is 1. The van der Waals surface area contributed by atoms with Crippen LogP contribution in [-0.4, -0.2) is 39.7 Å². The number of phenolic OH excluding ortho intramolecular Hbond substituents is 1. The Morgan fingerprint density at radius 1 is 0.881 bits per heavy atom. The number of aromatic hydroxyl groups is 1. The van der Waals surface area contributed by atoms with Gasteiger partial charge >= 0.3 is 12.1 Å². The van der Waals surface area contributed by atoms with Crippen LogP contribution in [0.5, 0.6) is 5.75 Å². The van der Waals surface area contributed by atoms with Gasteiger partial charge < -0.3 is 10.2 Å². The Morgan fingerprint density at radius 2 is 1.52 bits per heavy atom. The minimum absolute atomic E-state index is 0.109. The predicted octanol–water partition coefficient (Wildman–Crippen LogP) is 7.13. The van der Waals surface area contributed by atoms with Gasteiger partial charge in [0.2, 0.25) is 0 Å². The monoisotopic (exact) mass is 598 g/mol. The quantitative estimate of drug-likeness (QED) is 0.206. The summed E-state index contributed by atoms with van der Waals surface area (Å²) in [5.74, 6) is -3.39. The number of hydrogen-bond acceptors (Lipinski definition) is 4. The molecule has 6 nitrogen and oxygen atoms in total. The van der Waals surface area contributed by atoms with Crippen molar-refractivity contribution in [1.82, 2.24) is 10.4 Å². The van der Waals surface area contributed by atoms with E-state index in [-0.39, 0.29) is 22.9 Å². The molecule has 0 aliphatic carbocycles. The van der Waals surface area contributed by atoms with Crippen LogP contribution in [0.1, 0.15) is 33.8 Å². The zero-order valence-electron chi connectivity index (χ0n) is 21.7. The molecule has 0 spiro atoms. The molecule has 2 unspecified atom stereocenters. The third kappa shape index (κ3) is 5.95. The number of carboxylic acid groups (broad SMARTS) is 1. The minimum Gasteiger partial charge on any atom is -0.507 e. The molecule has 0 bridgehead atoms. The SMILES string of the molecule is O=C(NN1CCC(c2ccc(-c3cccc(C(F)(F)F)c3)cc2)C1C(=O)O)c1cc(-c2ccc(F)c(Cl)c2)ccc1O. The summed E-state index contributed by atoms with van der Waals surface area (Å²) < 4.78 is 53.0. The van der Waals surface area contributed by atoms with Crippen molar-refractivity contribution in [3.05, 3.63) is 112 Å². The van der Waals surface area contributed by atoms with Gasteiger partial charge in [-0.2, -0.15) is 13.2 Å². The second-order valence-electron chi connectivity index (χ2n) is 9.87. The molecular formula is C31H23ClF4N2O4. The summed E-state index contributed by atoms with van der Waals surface area (Å²) >= 11 is 5.88. The number of carbonyl (C=O) groups excluding carboxylic acids is 1. The Morgan fingerprint density at radius 3 is 2.19 bits per heavy atom. The summed E-state index contributed by atoms with van der Waals surface area (Å²) in [5.41, 5.74) is 4.24. The maximum Gasteiger partial charge on any atom is 0.416 e. The first kappa shape index (κ1) is 29.1. The van der Waals surface area contributed by atoms with Gasteiger partial charge in [-0.25, -0.2) is 9.40 Å². The Bertz CT molecular complexity index is 1660. The molecule has 3 N–H and O–H groups in total. The lowest BCUT2D eigenvalue weighted by molar-refractivity contribution is -0.143. The van der Waals surface area contributed by atoms with Gasteiger partial charge in [0.1, 0.15) is 17.6 Å². The van der Waals surface area contributed by atoms with Gasteiger partial charge in [0.15, 0.2) is 0 Å². The highest BCUT2D eigenvalue weighted by Crippen LogP contribution is 2.36. The summed E-state index contributed by atoms with van der Waals surface area (Å²) in [7, 11) is 0. The van der Waals surface area contributed by atoms with E-state index in [1.165, 1.54) is 47.5 Å². The molecule has 4 aromatic carbocycles. The molecule has 1 aliphatic heterocycles. The van der Waals surface area contributed by atoms with Crippen molar-refractivity contribution in [1.29, 1.82) is 0 Å². The summed E-state index contributed by atoms with van der Waals surface area (Å²) in [6, 6.07) is 18.7. The molecule has 4 aromatic rings. The van der Waals surface area contributed by atoms with Crippen LogP contribution in [0.15, 0.2) is 84.9 Å². The number of alkyl halides is 3. The van der Waals surface area contributed by atoms with Crippen molar-refractivity contribution in [2.24, 2.45) is 0 Å². The van der Waals surface area contributed by atoms with E-state index in [1.807, 2.05) is 0 Å². The van der Waals surface area contributed by atoms with E-state index in [2.05, 4.69) is 5.43 Å². The zero-order valence-corrected chi connectivity index (χ0v) is 22.5. The zero-order chi connectivity index (χ0) is 30.2. The average molecular weight is 599 g/mol. The Labute approximate surface area is 242 Å². The number of phenols is 1. The summed E-state index contributed by atoms with van der Waals surface area (Å²) in [5, 5.41) is 21.6. The first-order valence-corrected chi connectivity index (χ1v) is 13.2. The predicted molar refractivity (Wildman–Crippen MR) is 148 cm³/mol. The van der Waals surface area contributed by atoms with Crippen molar-refractivity contribution in [2.45, 2.75) is 24.6 Å². The van der Waals surface area contributed by atoms with Crippen molar-refractivity contribution in [2.75, 3.05) is 6.54 Å². The van der Waals surface area contributed by atoms with Crippen LogP contribution in [0, 0.1) is 5.82 Å². The molecule has 0 aromatic heterocycles. The lowest BCUT2D eigenvalue weighted by atomic mass is 9.90. The molecule has 0 saturated carbocycles.